The first-order valence-corrected chi connectivity index (χ1v) is 4.56. The molecule has 0 unspecified atom stereocenters. The van der Waals surface area contributed by atoms with Gasteiger partial charge in [-0.15, -0.1) is 11.6 Å². The van der Waals surface area contributed by atoms with Crippen LogP contribution in [0.25, 0.3) is 10.9 Å². The minimum atomic E-state index is 0.372. The van der Waals surface area contributed by atoms with E-state index in [9.17, 15) is 0 Å². The van der Waals surface area contributed by atoms with Gasteiger partial charge in [0.25, 0.3) is 0 Å². The van der Waals surface area contributed by atoms with Crippen LogP contribution in [0.15, 0.2) is 30.5 Å². The molecule has 1 aromatic heterocycles. The van der Waals surface area contributed by atoms with Crippen molar-refractivity contribution in [3.8, 4) is 11.8 Å². The van der Waals surface area contributed by atoms with Gasteiger partial charge in [-0.1, -0.05) is 24.0 Å². The van der Waals surface area contributed by atoms with Crippen LogP contribution in [0.4, 0.5) is 0 Å². The molecule has 0 saturated heterocycles. The molecule has 64 valence electrons. The second-order valence-corrected chi connectivity index (χ2v) is 2.95. The maximum absolute atomic E-state index is 5.49. The molecule has 0 saturated carbocycles. The van der Waals surface area contributed by atoms with Crippen LogP contribution in [-0.4, -0.2) is 10.9 Å². The highest BCUT2D eigenvalue weighted by molar-refractivity contribution is 6.19. The number of para-hydroxylation sites is 1. The molecule has 1 heterocycles. The largest absolute Gasteiger partial charge is 0.360 e. The smallest absolute Gasteiger partial charge is 0.0839 e. The van der Waals surface area contributed by atoms with E-state index in [1.165, 1.54) is 5.39 Å². The predicted molar refractivity (Wildman–Crippen MR) is 55.9 cm³/mol. The summed E-state index contributed by atoms with van der Waals surface area (Å²) in [7, 11) is 0. The summed E-state index contributed by atoms with van der Waals surface area (Å²) < 4.78 is 0. The second-order valence-electron chi connectivity index (χ2n) is 2.68. The van der Waals surface area contributed by atoms with Crippen LogP contribution in [0.3, 0.4) is 0 Å². The molecule has 2 rings (SSSR count). The van der Waals surface area contributed by atoms with Crippen molar-refractivity contribution in [3.05, 3.63) is 36.0 Å². The molecule has 0 aliphatic heterocycles. The Bertz CT molecular complexity index is 473. The lowest BCUT2D eigenvalue weighted by Crippen LogP contribution is -1.77. The molecule has 0 amide bonds. The van der Waals surface area contributed by atoms with Gasteiger partial charge in [0, 0.05) is 17.1 Å². The van der Waals surface area contributed by atoms with E-state index in [4.69, 9.17) is 11.6 Å². The van der Waals surface area contributed by atoms with Crippen molar-refractivity contribution in [2.75, 3.05) is 5.88 Å². The van der Waals surface area contributed by atoms with E-state index in [2.05, 4.69) is 22.9 Å². The Balaban J connectivity index is 2.61. The highest BCUT2D eigenvalue weighted by Gasteiger charge is 1.96. The van der Waals surface area contributed by atoms with Crippen LogP contribution >= 0.6 is 11.6 Å². The summed E-state index contributed by atoms with van der Waals surface area (Å²) >= 11 is 5.49. The standard InChI is InChI=1S/C11H8ClN/c12-7-2-5-9-3-1-4-10-6-8-13-11(9)10/h1,3-4,6,8,13H,7H2. The molecule has 2 heteroatoms. The summed E-state index contributed by atoms with van der Waals surface area (Å²) in [5.74, 6) is 6.22. The zero-order valence-corrected chi connectivity index (χ0v) is 7.73. The lowest BCUT2D eigenvalue weighted by molar-refractivity contribution is 1.47. The van der Waals surface area contributed by atoms with E-state index in [1.807, 2.05) is 24.4 Å². The number of aromatic nitrogens is 1. The second kappa shape index (κ2) is 3.55. The van der Waals surface area contributed by atoms with Gasteiger partial charge in [0.1, 0.15) is 0 Å². The monoisotopic (exact) mass is 189 g/mol. The fraction of sp³-hybridized carbons (Fsp3) is 0.0909. The number of fused-ring (bicyclic) bond motifs is 1. The highest BCUT2D eigenvalue weighted by Crippen LogP contribution is 2.15. The van der Waals surface area contributed by atoms with E-state index in [-0.39, 0.29) is 0 Å². The van der Waals surface area contributed by atoms with Crippen LogP contribution in [0.1, 0.15) is 5.56 Å². The third-order valence-electron chi connectivity index (χ3n) is 1.88. The predicted octanol–water partition coefficient (Wildman–Crippen LogP) is 2.76. The molecule has 13 heavy (non-hydrogen) atoms. The van der Waals surface area contributed by atoms with Crippen LogP contribution < -0.4 is 0 Å². The van der Waals surface area contributed by atoms with Crippen molar-refractivity contribution in [2.24, 2.45) is 0 Å². The number of hydrogen-bond acceptors (Lipinski definition) is 0. The highest BCUT2D eigenvalue weighted by atomic mass is 35.5. The summed E-state index contributed by atoms with van der Waals surface area (Å²) in [5, 5.41) is 1.18. The van der Waals surface area contributed by atoms with Crippen molar-refractivity contribution >= 4 is 22.5 Å². The molecule has 1 N–H and O–H groups in total. The maximum atomic E-state index is 5.49. The normalized spacial score (nSPS) is 9.62. The quantitative estimate of drug-likeness (QED) is 0.485. The molecule has 0 radical (unpaired) electrons. The topological polar surface area (TPSA) is 15.8 Å². The zero-order valence-electron chi connectivity index (χ0n) is 6.97. The van der Waals surface area contributed by atoms with Gasteiger partial charge < -0.3 is 4.98 Å². The molecule has 0 aliphatic carbocycles. The number of alkyl halides is 1. The van der Waals surface area contributed by atoms with Gasteiger partial charge in [-0.2, -0.15) is 0 Å². The SMILES string of the molecule is ClCC#Cc1cccc2cc[nH]c12. The Kier molecular flexibility index (Phi) is 2.25. The number of H-pyrrole nitrogens is 1. The fourth-order valence-corrected chi connectivity index (χ4v) is 1.38. The van der Waals surface area contributed by atoms with Crippen LogP contribution in [0.5, 0.6) is 0 Å². The summed E-state index contributed by atoms with van der Waals surface area (Å²) in [5.41, 5.74) is 2.09. The first-order valence-electron chi connectivity index (χ1n) is 4.03. The average Bonchev–Trinajstić information content (AvgIpc) is 2.62. The van der Waals surface area contributed by atoms with E-state index < -0.39 is 0 Å². The minimum absolute atomic E-state index is 0.372. The van der Waals surface area contributed by atoms with Crippen LogP contribution in [0, 0.1) is 11.8 Å². The molecule has 0 bridgehead atoms. The van der Waals surface area contributed by atoms with Crippen LogP contribution in [-0.2, 0) is 0 Å². The summed E-state index contributed by atoms with van der Waals surface area (Å²) in [6, 6.07) is 8.06. The molecule has 0 fully saturated rings. The van der Waals surface area contributed by atoms with Crippen LogP contribution in [0.2, 0.25) is 0 Å². The van der Waals surface area contributed by atoms with Crippen molar-refractivity contribution in [1.82, 2.24) is 4.98 Å². The number of nitrogens with one attached hydrogen (secondary N) is 1. The van der Waals surface area contributed by atoms with E-state index >= 15 is 0 Å². The van der Waals surface area contributed by atoms with Gasteiger partial charge in [-0.05, 0) is 12.1 Å². The first-order chi connectivity index (χ1) is 6.42. The third kappa shape index (κ3) is 1.54. The first kappa shape index (κ1) is 8.22. The third-order valence-corrected chi connectivity index (χ3v) is 2.01. The lowest BCUT2D eigenvalue weighted by Gasteiger charge is -1.92. The van der Waals surface area contributed by atoms with Gasteiger partial charge in [0.15, 0.2) is 0 Å². The average molecular weight is 190 g/mol. The van der Waals surface area contributed by atoms with Gasteiger partial charge in [0.05, 0.1) is 11.4 Å². The van der Waals surface area contributed by atoms with E-state index in [0.717, 1.165) is 11.1 Å². The number of halogens is 1. The van der Waals surface area contributed by atoms with Gasteiger partial charge in [-0.3, -0.25) is 0 Å². The molecule has 0 atom stereocenters. The van der Waals surface area contributed by atoms with Gasteiger partial charge in [-0.25, -0.2) is 0 Å². The zero-order chi connectivity index (χ0) is 9.10. The summed E-state index contributed by atoms with van der Waals surface area (Å²) in [6.07, 6.45) is 1.91. The number of benzene rings is 1. The molecule has 0 spiro atoms. The van der Waals surface area contributed by atoms with E-state index in [0.29, 0.717) is 5.88 Å². The molecular weight excluding hydrogens is 182 g/mol. The maximum Gasteiger partial charge on any atom is 0.0839 e. The van der Waals surface area contributed by atoms with Crippen molar-refractivity contribution in [3.63, 3.8) is 0 Å². The summed E-state index contributed by atoms with van der Waals surface area (Å²) in [4.78, 5) is 3.15. The van der Waals surface area contributed by atoms with Crippen molar-refractivity contribution < 1.29 is 0 Å². The molecular formula is C11H8ClN. The van der Waals surface area contributed by atoms with Gasteiger partial charge in [0.2, 0.25) is 0 Å². The molecule has 1 aromatic carbocycles. The Morgan fingerprint density at radius 1 is 1.31 bits per heavy atom. The van der Waals surface area contributed by atoms with E-state index in [1.54, 1.807) is 0 Å². The van der Waals surface area contributed by atoms with Crippen molar-refractivity contribution in [1.29, 1.82) is 0 Å². The fourth-order valence-electron chi connectivity index (χ4n) is 1.32. The van der Waals surface area contributed by atoms with Gasteiger partial charge >= 0.3 is 0 Å². The van der Waals surface area contributed by atoms with Crippen molar-refractivity contribution in [2.45, 2.75) is 0 Å². The summed E-state index contributed by atoms with van der Waals surface area (Å²) in [6.45, 7) is 0. The molecule has 2 aromatic rings. The minimum Gasteiger partial charge on any atom is -0.360 e. The Labute approximate surface area is 81.7 Å². The molecule has 0 aliphatic rings. The lowest BCUT2D eigenvalue weighted by atomic mass is 10.1. The Hall–Kier alpha value is -1.39. The molecule has 1 nitrogen and oxygen atoms in total. The number of rotatable bonds is 0. The number of aromatic amines is 1. The Morgan fingerprint density at radius 3 is 3.08 bits per heavy atom. The Morgan fingerprint density at radius 2 is 2.23 bits per heavy atom. The number of hydrogen-bond donors (Lipinski definition) is 1.